The third-order valence-corrected chi connectivity index (χ3v) is 5.90. The molecule has 0 radical (unpaired) electrons. The Morgan fingerprint density at radius 1 is 1.10 bits per heavy atom. The Labute approximate surface area is 177 Å². The third-order valence-electron chi connectivity index (χ3n) is 5.66. The predicted octanol–water partition coefficient (Wildman–Crippen LogP) is 4.61. The fraction of sp³-hybridized carbons (Fsp3) is 0.435. The zero-order valence-electron chi connectivity index (χ0n) is 17.2. The average molecular weight is 414 g/mol. The van der Waals surface area contributed by atoms with E-state index in [4.69, 9.17) is 26.1 Å². The van der Waals surface area contributed by atoms with Gasteiger partial charge < -0.3 is 14.0 Å². The summed E-state index contributed by atoms with van der Waals surface area (Å²) in [7, 11) is 0. The molecular weight excluding hydrogens is 386 g/mol. The summed E-state index contributed by atoms with van der Waals surface area (Å²) >= 11 is 6.20. The zero-order chi connectivity index (χ0) is 20.2. The molecule has 1 aromatic heterocycles. The van der Waals surface area contributed by atoms with Crippen molar-refractivity contribution in [3.8, 4) is 5.75 Å². The van der Waals surface area contributed by atoms with Crippen molar-refractivity contribution in [3.05, 3.63) is 58.4 Å². The van der Waals surface area contributed by atoms with Gasteiger partial charge in [-0.2, -0.15) is 0 Å². The molecule has 0 aliphatic carbocycles. The van der Waals surface area contributed by atoms with Crippen LogP contribution in [0.4, 0.5) is 0 Å². The average Bonchev–Trinajstić information content (AvgIpc) is 3.06. The maximum Gasteiger partial charge on any atom is 0.147 e. The number of ether oxygens (including phenoxy) is 2. The molecule has 6 heteroatoms. The van der Waals surface area contributed by atoms with Crippen LogP contribution in [0.2, 0.25) is 5.02 Å². The Hall–Kier alpha value is -2.08. The number of hydrogen-bond donors (Lipinski definition) is 0. The molecule has 154 valence electrons. The minimum absolute atomic E-state index is 0.439. The molecule has 29 heavy (non-hydrogen) atoms. The molecule has 1 saturated heterocycles. The van der Waals surface area contributed by atoms with Crippen LogP contribution in [0.1, 0.15) is 23.4 Å². The highest BCUT2D eigenvalue weighted by molar-refractivity contribution is 6.31. The number of imidazole rings is 1. The van der Waals surface area contributed by atoms with E-state index >= 15 is 0 Å². The van der Waals surface area contributed by atoms with E-state index < -0.39 is 0 Å². The maximum absolute atomic E-state index is 6.20. The molecule has 0 N–H and O–H groups in total. The van der Waals surface area contributed by atoms with Gasteiger partial charge >= 0.3 is 0 Å². The van der Waals surface area contributed by atoms with Gasteiger partial charge in [-0.15, -0.1) is 0 Å². The largest absolute Gasteiger partial charge is 0.485 e. The lowest BCUT2D eigenvalue weighted by Gasteiger charge is -2.26. The van der Waals surface area contributed by atoms with Crippen molar-refractivity contribution in [3.63, 3.8) is 0 Å². The van der Waals surface area contributed by atoms with Crippen LogP contribution in [0.25, 0.3) is 11.0 Å². The summed E-state index contributed by atoms with van der Waals surface area (Å²) in [5.41, 5.74) is 4.43. The SMILES string of the molecule is Cc1cccc(OCc2nc3cc(Cl)ccc3n2CCCN2CCOCC2)c1C. The fourth-order valence-corrected chi connectivity index (χ4v) is 3.98. The smallest absolute Gasteiger partial charge is 0.147 e. The van der Waals surface area contributed by atoms with Gasteiger partial charge in [-0.05, 0) is 55.7 Å². The van der Waals surface area contributed by atoms with Crippen molar-refractivity contribution in [1.29, 1.82) is 0 Å². The van der Waals surface area contributed by atoms with E-state index in [0.29, 0.717) is 11.6 Å². The van der Waals surface area contributed by atoms with E-state index in [-0.39, 0.29) is 0 Å². The summed E-state index contributed by atoms with van der Waals surface area (Å²) in [6, 6.07) is 12.1. The first-order valence-corrected chi connectivity index (χ1v) is 10.6. The van der Waals surface area contributed by atoms with E-state index in [2.05, 4.69) is 35.4 Å². The Bertz CT molecular complexity index is 980. The first kappa shape index (κ1) is 20.2. The van der Waals surface area contributed by atoms with Gasteiger partial charge in [-0.3, -0.25) is 4.90 Å². The number of rotatable bonds is 7. The van der Waals surface area contributed by atoms with Gasteiger partial charge in [0.25, 0.3) is 0 Å². The summed E-state index contributed by atoms with van der Waals surface area (Å²) in [6.45, 7) is 10.3. The van der Waals surface area contributed by atoms with Gasteiger partial charge in [0.05, 0.1) is 24.2 Å². The summed E-state index contributed by atoms with van der Waals surface area (Å²) in [6.07, 6.45) is 1.06. The third kappa shape index (κ3) is 4.74. The summed E-state index contributed by atoms with van der Waals surface area (Å²) in [4.78, 5) is 7.29. The van der Waals surface area contributed by atoms with Gasteiger partial charge in [0.15, 0.2) is 0 Å². The van der Waals surface area contributed by atoms with Crippen molar-refractivity contribution in [2.75, 3.05) is 32.8 Å². The van der Waals surface area contributed by atoms with Crippen LogP contribution in [0, 0.1) is 13.8 Å². The molecule has 2 heterocycles. The number of hydrogen-bond acceptors (Lipinski definition) is 4. The summed E-state index contributed by atoms with van der Waals surface area (Å²) in [5, 5.41) is 0.706. The lowest BCUT2D eigenvalue weighted by Crippen LogP contribution is -2.37. The monoisotopic (exact) mass is 413 g/mol. The predicted molar refractivity (Wildman–Crippen MR) is 117 cm³/mol. The number of aryl methyl sites for hydroxylation is 2. The van der Waals surface area contributed by atoms with E-state index in [9.17, 15) is 0 Å². The van der Waals surface area contributed by atoms with Crippen LogP contribution in [0.15, 0.2) is 36.4 Å². The number of nitrogens with zero attached hydrogens (tertiary/aromatic N) is 3. The maximum atomic E-state index is 6.20. The molecule has 0 bridgehead atoms. The van der Waals surface area contributed by atoms with Crippen LogP contribution in [-0.4, -0.2) is 47.3 Å². The molecule has 1 aliphatic heterocycles. The molecule has 0 atom stereocenters. The quantitative estimate of drug-likeness (QED) is 0.567. The first-order chi connectivity index (χ1) is 14.1. The Kier molecular flexibility index (Phi) is 6.38. The zero-order valence-corrected chi connectivity index (χ0v) is 17.9. The molecule has 4 rings (SSSR count). The Balaban J connectivity index is 1.52. The lowest BCUT2D eigenvalue weighted by atomic mass is 10.1. The van der Waals surface area contributed by atoms with Crippen LogP contribution < -0.4 is 4.74 Å². The van der Waals surface area contributed by atoms with Gasteiger partial charge in [0.1, 0.15) is 18.2 Å². The molecule has 0 unspecified atom stereocenters. The molecule has 0 saturated carbocycles. The number of benzene rings is 2. The van der Waals surface area contributed by atoms with E-state index in [1.54, 1.807) is 0 Å². The van der Waals surface area contributed by atoms with Crippen LogP contribution >= 0.6 is 11.6 Å². The van der Waals surface area contributed by atoms with Crippen LogP contribution in [-0.2, 0) is 17.9 Å². The van der Waals surface area contributed by atoms with Crippen LogP contribution in [0.5, 0.6) is 5.75 Å². The molecule has 5 nitrogen and oxygen atoms in total. The van der Waals surface area contributed by atoms with Crippen molar-refractivity contribution in [1.82, 2.24) is 14.5 Å². The topological polar surface area (TPSA) is 39.5 Å². The Morgan fingerprint density at radius 2 is 1.93 bits per heavy atom. The van der Waals surface area contributed by atoms with Crippen LogP contribution in [0.3, 0.4) is 0 Å². The van der Waals surface area contributed by atoms with Crippen molar-refractivity contribution in [2.45, 2.75) is 33.4 Å². The molecule has 0 amide bonds. The molecule has 2 aromatic carbocycles. The number of halogens is 1. The molecule has 0 spiro atoms. The normalized spacial score (nSPS) is 15.1. The van der Waals surface area contributed by atoms with E-state index in [1.165, 1.54) is 11.1 Å². The summed E-state index contributed by atoms with van der Waals surface area (Å²) < 4.78 is 13.9. The molecular formula is C23H28ClN3O2. The minimum Gasteiger partial charge on any atom is -0.485 e. The van der Waals surface area contributed by atoms with Gasteiger partial charge in [-0.25, -0.2) is 4.98 Å². The second-order valence-electron chi connectivity index (χ2n) is 7.61. The van der Waals surface area contributed by atoms with Gasteiger partial charge in [-0.1, -0.05) is 23.7 Å². The van der Waals surface area contributed by atoms with Crippen molar-refractivity contribution in [2.24, 2.45) is 0 Å². The molecule has 1 aliphatic rings. The standard InChI is InChI=1S/C23H28ClN3O2/c1-17-5-3-6-22(18(17)2)29-16-23-25-20-15-19(24)7-8-21(20)27(23)10-4-9-26-11-13-28-14-12-26/h3,5-8,15H,4,9-14,16H2,1-2H3. The second kappa shape index (κ2) is 9.16. The highest BCUT2D eigenvalue weighted by Crippen LogP contribution is 2.24. The number of morpholine rings is 1. The van der Waals surface area contributed by atoms with E-state index in [1.807, 2.05) is 24.3 Å². The molecule has 3 aromatic rings. The number of fused-ring (bicyclic) bond motifs is 1. The lowest BCUT2D eigenvalue weighted by molar-refractivity contribution is 0.0369. The first-order valence-electron chi connectivity index (χ1n) is 10.3. The second-order valence-corrected chi connectivity index (χ2v) is 8.04. The summed E-state index contributed by atoms with van der Waals surface area (Å²) in [5.74, 6) is 1.85. The van der Waals surface area contributed by atoms with Gasteiger partial charge in [0.2, 0.25) is 0 Å². The molecule has 1 fully saturated rings. The fourth-order valence-electron chi connectivity index (χ4n) is 3.81. The Morgan fingerprint density at radius 3 is 2.76 bits per heavy atom. The van der Waals surface area contributed by atoms with Crippen molar-refractivity contribution < 1.29 is 9.47 Å². The van der Waals surface area contributed by atoms with E-state index in [0.717, 1.165) is 68.4 Å². The van der Waals surface area contributed by atoms with Gasteiger partial charge in [0, 0.05) is 31.2 Å². The highest BCUT2D eigenvalue weighted by atomic mass is 35.5. The number of aromatic nitrogens is 2. The minimum atomic E-state index is 0.439. The van der Waals surface area contributed by atoms with Crippen molar-refractivity contribution >= 4 is 22.6 Å². The highest BCUT2D eigenvalue weighted by Gasteiger charge is 2.14.